The molecule has 0 saturated carbocycles. The number of carbonyl (C=O) groups is 2. The van der Waals surface area contributed by atoms with Crippen LogP contribution in [0.25, 0.3) is 54.2 Å². The molecule has 0 unspecified atom stereocenters. The van der Waals surface area contributed by atoms with Crippen LogP contribution in [0.1, 0.15) is 68.1 Å². The van der Waals surface area contributed by atoms with Gasteiger partial charge in [-0.15, -0.1) is 5.54 Å². The molecular formula is C40H37NO4Si. The van der Waals surface area contributed by atoms with Gasteiger partial charge in [0.25, 0.3) is 0 Å². The SMILES string of the molecule is CC(C)[Si](C#Cc1cccc2cc3cc4cc5ccc(-c6ccc(C(=O)O)nc6C(=O)O)cc5cc4cc3cc12)(C(C)C)C(C)C. The third-order valence-corrected chi connectivity index (χ3v) is 15.9. The van der Waals surface area contributed by atoms with Crippen molar-refractivity contribution < 1.29 is 19.8 Å². The average Bonchev–Trinajstić information content (AvgIpc) is 3.01. The fourth-order valence-electron chi connectivity index (χ4n) is 7.39. The highest BCUT2D eigenvalue weighted by atomic mass is 28.3. The molecule has 6 heteroatoms. The molecule has 1 heterocycles. The van der Waals surface area contributed by atoms with Crippen LogP contribution in [0.4, 0.5) is 0 Å². The summed E-state index contributed by atoms with van der Waals surface area (Å²) in [6.07, 6.45) is 0. The lowest BCUT2D eigenvalue weighted by molar-refractivity contribution is 0.0685. The van der Waals surface area contributed by atoms with Gasteiger partial charge in [0, 0.05) is 11.1 Å². The summed E-state index contributed by atoms with van der Waals surface area (Å²) in [7, 11) is -1.88. The molecule has 2 N–H and O–H groups in total. The molecule has 0 aliphatic heterocycles. The Balaban J connectivity index is 1.49. The van der Waals surface area contributed by atoms with Crippen LogP contribution < -0.4 is 0 Å². The molecule has 0 amide bonds. The minimum Gasteiger partial charge on any atom is -0.477 e. The monoisotopic (exact) mass is 623 g/mol. The smallest absolute Gasteiger partial charge is 0.355 e. The lowest BCUT2D eigenvalue weighted by atomic mass is 9.94. The standard InChI is InChI=1S/C40H37NO4Si/c1-23(2)46(24(3)4,25(5)6)15-14-26-8-7-9-28-17-32-20-31-16-27-10-11-29(18-30(27)19-33(31)21-34(32)22-36(26)28)35-12-13-37(39(42)43)41-38(35)40(44)45/h7-13,16-25H,1-6H3,(H,42,43)(H,44,45). The van der Waals surface area contributed by atoms with Crippen molar-refractivity contribution in [1.29, 1.82) is 0 Å². The molecule has 6 rings (SSSR count). The Bertz CT molecular complexity index is 2250. The third-order valence-electron chi connectivity index (χ3n) is 9.66. The van der Waals surface area contributed by atoms with E-state index in [4.69, 9.17) is 0 Å². The number of pyridine rings is 1. The topological polar surface area (TPSA) is 87.5 Å². The minimum atomic E-state index is -1.88. The Morgan fingerprint density at radius 2 is 1.20 bits per heavy atom. The largest absolute Gasteiger partial charge is 0.477 e. The van der Waals surface area contributed by atoms with Crippen molar-refractivity contribution in [2.24, 2.45) is 0 Å². The van der Waals surface area contributed by atoms with Gasteiger partial charge in [-0.3, -0.25) is 0 Å². The highest BCUT2D eigenvalue weighted by Crippen LogP contribution is 2.41. The first-order valence-corrected chi connectivity index (χ1v) is 18.0. The van der Waals surface area contributed by atoms with Gasteiger partial charge in [0.2, 0.25) is 0 Å². The van der Waals surface area contributed by atoms with E-state index in [1.165, 1.54) is 17.5 Å². The van der Waals surface area contributed by atoms with E-state index in [1.807, 2.05) is 18.2 Å². The molecule has 0 aliphatic carbocycles. The van der Waals surface area contributed by atoms with Crippen LogP contribution in [-0.2, 0) is 0 Å². The number of aromatic carboxylic acids is 2. The predicted molar refractivity (Wildman–Crippen MR) is 192 cm³/mol. The lowest BCUT2D eigenvalue weighted by Crippen LogP contribution is -2.43. The molecular weight excluding hydrogens is 587 g/mol. The first-order valence-electron chi connectivity index (χ1n) is 15.7. The maximum absolute atomic E-state index is 12.0. The van der Waals surface area contributed by atoms with Crippen molar-refractivity contribution in [3.05, 3.63) is 102 Å². The van der Waals surface area contributed by atoms with Crippen LogP contribution in [0, 0.1) is 11.5 Å². The highest BCUT2D eigenvalue weighted by molar-refractivity contribution is 6.90. The van der Waals surface area contributed by atoms with Gasteiger partial charge in [0.1, 0.15) is 13.8 Å². The summed E-state index contributed by atoms with van der Waals surface area (Å²) in [6, 6.07) is 28.2. The molecule has 0 radical (unpaired) electrons. The Morgan fingerprint density at radius 1 is 0.630 bits per heavy atom. The van der Waals surface area contributed by atoms with E-state index < -0.39 is 20.0 Å². The minimum absolute atomic E-state index is 0.285. The van der Waals surface area contributed by atoms with E-state index in [0.29, 0.717) is 27.8 Å². The van der Waals surface area contributed by atoms with Gasteiger partial charge in [0.05, 0.1) is 0 Å². The fourth-order valence-corrected chi connectivity index (χ4v) is 12.6. The van der Waals surface area contributed by atoms with Crippen LogP contribution in [0.5, 0.6) is 0 Å². The van der Waals surface area contributed by atoms with E-state index >= 15 is 0 Å². The van der Waals surface area contributed by atoms with Crippen LogP contribution in [-0.4, -0.2) is 35.2 Å². The van der Waals surface area contributed by atoms with Gasteiger partial charge in [0.15, 0.2) is 5.69 Å². The molecule has 0 atom stereocenters. The van der Waals surface area contributed by atoms with Crippen LogP contribution in [0.3, 0.4) is 0 Å². The zero-order valence-electron chi connectivity index (χ0n) is 27.0. The molecule has 5 nitrogen and oxygen atoms in total. The maximum Gasteiger partial charge on any atom is 0.355 e. The number of aromatic nitrogens is 1. The number of carboxylic acids is 2. The van der Waals surface area contributed by atoms with Crippen molar-refractivity contribution >= 4 is 63.1 Å². The molecule has 0 bridgehead atoms. The summed E-state index contributed by atoms with van der Waals surface area (Å²) < 4.78 is 0. The van der Waals surface area contributed by atoms with E-state index in [0.717, 1.165) is 43.3 Å². The highest BCUT2D eigenvalue weighted by Gasteiger charge is 2.41. The molecule has 46 heavy (non-hydrogen) atoms. The summed E-state index contributed by atoms with van der Waals surface area (Å²) >= 11 is 0. The number of benzene rings is 5. The van der Waals surface area contributed by atoms with Gasteiger partial charge in [-0.25, -0.2) is 14.6 Å². The molecule has 0 fully saturated rings. The Morgan fingerprint density at radius 3 is 1.78 bits per heavy atom. The third kappa shape index (κ3) is 5.31. The van der Waals surface area contributed by atoms with Crippen LogP contribution in [0.15, 0.2) is 84.9 Å². The van der Waals surface area contributed by atoms with Crippen molar-refractivity contribution in [2.75, 3.05) is 0 Å². The Hall–Kier alpha value is -4.99. The normalized spacial score (nSPS) is 12.0. The zero-order valence-corrected chi connectivity index (χ0v) is 28.0. The number of hydrogen-bond donors (Lipinski definition) is 2. The zero-order chi connectivity index (χ0) is 32.9. The summed E-state index contributed by atoms with van der Waals surface area (Å²) in [5, 5.41) is 27.8. The number of carboxylic acid groups (broad SMARTS) is 2. The van der Waals surface area contributed by atoms with Crippen LogP contribution in [0.2, 0.25) is 16.6 Å². The number of nitrogens with zero attached hydrogens (tertiary/aromatic N) is 1. The second kappa shape index (κ2) is 11.7. The van der Waals surface area contributed by atoms with Crippen molar-refractivity contribution in [3.63, 3.8) is 0 Å². The first-order chi connectivity index (χ1) is 21.9. The van der Waals surface area contributed by atoms with Gasteiger partial charge >= 0.3 is 11.9 Å². The Labute approximate surface area is 269 Å². The maximum atomic E-state index is 12.0. The molecule has 6 aromatic rings. The van der Waals surface area contributed by atoms with Crippen LogP contribution >= 0.6 is 0 Å². The quantitative estimate of drug-likeness (QED) is 0.109. The number of hydrogen-bond acceptors (Lipinski definition) is 3. The summed E-state index contributed by atoms with van der Waals surface area (Å²) in [4.78, 5) is 27.2. The van der Waals surface area contributed by atoms with Gasteiger partial charge in [-0.2, -0.15) is 0 Å². The van der Waals surface area contributed by atoms with E-state index in [2.05, 4.69) is 113 Å². The average molecular weight is 624 g/mol. The van der Waals surface area contributed by atoms with Crippen molar-refractivity contribution in [2.45, 2.75) is 58.2 Å². The number of fused-ring (bicyclic) bond motifs is 4. The van der Waals surface area contributed by atoms with Gasteiger partial charge < -0.3 is 10.2 Å². The van der Waals surface area contributed by atoms with E-state index in [1.54, 1.807) is 0 Å². The molecule has 0 saturated heterocycles. The van der Waals surface area contributed by atoms with Gasteiger partial charge in [-0.05, 0) is 126 Å². The summed E-state index contributed by atoms with van der Waals surface area (Å²) in [5.74, 6) is 1.13. The van der Waals surface area contributed by atoms with Gasteiger partial charge in [-0.1, -0.05) is 71.7 Å². The summed E-state index contributed by atoms with van der Waals surface area (Å²) in [6.45, 7) is 14.0. The second-order valence-electron chi connectivity index (χ2n) is 13.2. The van der Waals surface area contributed by atoms with Crippen molar-refractivity contribution in [3.8, 4) is 22.6 Å². The van der Waals surface area contributed by atoms with Crippen molar-refractivity contribution in [1.82, 2.24) is 4.98 Å². The molecule has 5 aromatic carbocycles. The molecule has 0 spiro atoms. The second-order valence-corrected chi connectivity index (χ2v) is 18.8. The molecule has 230 valence electrons. The Kier molecular flexibility index (Phi) is 7.91. The predicted octanol–water partition coefficient (Wildman–Crippen LogP) is 10.3. The fraction of sp³-hybridized carbons (Fsp3) is 0.225. The number of rotatable bonds is 6. The summed E-state index contributed by atoms with van der Waals surface area (Å²) in [5.41, 5.74) is 7.10. The van der Waals surface area contributed by atoms with E-state index in [-0.39, 0.29) is 11.4 Å². The van der Waals surface area contributed by atoms with E-state index in [9.17, 15) is 19.8 Å². The lowest BCUT2D eigenvalue weighted by Gasteiger charge is -2.38. The molecule has 1 aromatic heterocycles. The molecule has 0 aliphatic rings. The first kappa shape index (κ1) is 31.0.